The number of hydrogen-bond acceptors (Lipinski definition) is 4. The first kappa shape index (κ1) is 20.1. The molecule has 1 aromatic carbocycles. The number of likely N-dealkylation sites (tertiary alicyclic amines) is 1. The lowest BCUT2D eigenvalue weighted by Gasteiger charge is -2.42. The van der Waals surface area contributed by atoms with Crippen LogP contribution in [0.3, 0.4) is 0 Å². The van der Waals surface area contributed by atoms with Gasteiger partial charge in [0.1, 0.15) is 0 Å². The van der Waals surface area contributed by atoms with Crippen LogP contribution < -0.4 is 0 Å². The fourth-order valence-corrected chi connectivity index (χ4v) is 4.29. The quantitative estimate of drug-likeness (QED) is 0.720. The fraction of sp³-hybridized carbons (Fsp3) is 0.609. The Morgan fingerprint density at radius 1 is 1.21 bits per heavy atom. The molecule has 2 heterocycles. The molecule has 1 aliphatic heterocycles. The first-order valence-corrected chi connectivity index (χ1v) is 11.0. The standard InChI is InChI=1S/C23H32N4O2/c1-3-4-5-6-23(29)26-15-21(27-14-19(24-25-27)17-11-12-17)22(28)13-20(26)18-9-7-16(2)8-10-18/h7-10,14,17,20-22,28H,3-6,11-13,15H2,1-2H3/t20-,21-,22-/m1/s1. The number of amides is 1. The zero-order chi connectivity index (χ0) is 20.4. The van der Waals surface area contributed by atoms with Crippen molar-refractivity contribution >= 4 is 5.91 Å². The highest BCUT2D eigenvalue weighted by molar-refractivity contribution is 5.77. The Balaban J connectivity index is 1.56. The molecular weight excluding hydrogens is 364 g/mol. The molecule has 0 unspecified atom stereocenters. The lowest BCUT2D eigenvalue weighted by Crippen LogP contribution is -2.48. The molecule has 2 aromatic rings. The van der Waals surface area contributed by atoms with Crippen LogP contribution in [0.15, 0.2) is 30.5 Å². The molecule has 1 saturated heterocycles. The highest BCUT2D eigenvalue weighted by atomic mass is 16.3. The van der Waals surface area contributed by atoms with Crippen LogP contribution in [0.2, 0.25) is 0 Å². The highest BCUT2D eigenvalue weighted by Gasteiger charge is 2.39. The number of nitrogens with zero attached hydrogens (tertiary/aromatic N) is 4. The fourth-order valence-electron chi connectivity index (χ4n) is 4.29. The number of carbonyl (C=O) groups is 1. The van der Waals surface area contributed by atoms with E-state index in [0.717, 1.165) is 30.5 Å². The number of aryl methyl sites for hydroxylation is 1. The predicted octanol–water partition coefficient (Wildman–Crippen LogP) is 3.92. The zero-order valence-corrected chi connectivity index (χ0v) is 17.5. The van der Waals surface area contributed by atoms with E-state index in [4.69, 9.17) is 0 Å². The highest BCUT2D eigenvalue weighted by Crippen LogP contribution is 2.40. The molecule has 3 atom stereocenters. The Morgan fingerprint density at radius 2 is 1.97 bits per heavy atom. The average molecular weight is 397 g/mol. The summed E-state index contributed by atoms with van der Waals surface area (Å²) in [7, 11) is 0. The lowest BCUT2D eigenvalue weighted by molar-refractivity contribution is -0.139. The summed E-state index contributed by atoms with van der Waals surface area (Å²) >= 11 is 0. The molecule has 4 rings (SSSR count). The van der Waals surface area contributed by atoms with E-state index in [-0.39, 0.29) is 18.0 Å². The van der Waals surface area contributed by atoms with E-state index in [9.17, 15) is 9.90 Å². The molecule has 1 N–H and O–H groups in total. The van der Waals surface area contributed by atoms with E-state index < -0.39 is 6.10 Å². The van der Waals surface area contributed by atoms with Crippen molar-refractivity contribution in [2.45, 2.75) is 82.9 Å². The third-order valence-corrected chi connectivity index (χ3v) is 6.31. The smallest absolute Gasteiger partial charge is 0.223 e. The van der Waals surface area contributed by atoms with E-state index in [1.165, 1.54) is 18.4 Å². The molecule has 2 aliphatic rings. The molecule has 1 aliphatic carbocycles. The summed E-state index contributed by atoms with van der Waals surface area (Å²) in [5.74, 6) is 0.694. The van der Waals surface area contributed by atoms with E-state index in [1.54, 1.807) is 4.68 Å². The summed E-state index contributed by atoms with van der Waals surface area (Å²) in [5, 5.41) is 19.6. The predicted molar refractivity (Wildman–Crippen MR) is 111 cm³/mol. The van der Waals surface area contributed by atoms with Crippen LogP contribution in [0.1, 0.15) is 86.7 Å². The minimum atomic E-state index is -0.560. The summed E-state index contributed by atoms with van der Waals surface area (Å²) in [6.45, 7) is 4.68. The number of hydrogen-bond donors (Lipinski definition) is 1. The van der Waals surface area contributed by atoms with Gasteiger partial charge in [-0.3, -0.25) is 4.79 Å². The van der Waals surface area contributed by atoms with Gasteiger partial charge in [0.05, 0.1) is 23.9 Å². The molecule has 1 aromatic heterocycles. The van der Waals surface area contributed by atoms with Gasteiger partial charge in [-0.2, -0.15) is 0 Å². The maximum Gasteiger partial charge on any atom is 0.223 e. The van der Waals surface area contributed by atoms with Gasteiger partial charge in [-0.25, -0.2) is 4.68 Å². The van der Waals surface area contributed by atoms with Crippen molar-refractivity contribution in [3.63, 3.8) is 0 Å². The summed E-state index contributed by atoms with van der Waals surface area (Å²) < 4.78 is 1.79. The van der Waals surface area contributed by atoms with Crippen molar-refractivity contribution in [3.8, 4) is 0 Å². The van der Waals surface area contributed by atoms with Gasteiger partial charge in [0.25, 0.3) is 0 Å². The van der Waals surface area contributed by atoms with E-state index in [1.807, 2.05) is 11.1 Å². The molecule has 156 valence electrons. The van der Waals surface area contributed by atoms with E-state index in [2.05, 4.69) is 48.4 Å². The van der Waals surface area contributed by atoms with Gasteiger partial charge in [0.2, 0.25) is 5.91 Å². The Bertz CT molecular complexity index is 828. The minimum Gasteiger partial charge on any atom is -0.391 e. The third kappa shape index (κ3) is 4.53. The van der Waals surface area contributed by atoms with Gasteiger partial charge in [0, 0.05) is 31.5 Å². The van der Waals surface area contributed by atoms with Gasteiger partial charge in [-0.1, -0.05) is 54.8 Å². The maximum absolute atomic E-state index is 13.1. The molecule has 1 saturated carbocycles. The zero-order valence-electron chi connectivity index (χ0n) is 17.5. The van der Waals surface area contributed by atoms with E-state index in [0.29, 0.717) is 25.3 Å². The van der Waals surface area contributed by atoms with Crippen molar-refractivity contribution in [2.75, 3.05) is 6.54 Å². The van der Waals surface area contributed by atoms with Crippen molar-refractivity contribution in [3.05, 3.63) is 47.3 Å². The number of aliphatic hydroxyl groups excluding tert-OH is 1. The van der Waals surface area contributed by atoms with Crippen molar-refractivity contribution in [1.29, 1.82) is 0 Å². The van der Waals surface area contributed by atoms with Crippen LogP contribution in [-0.2, 0) is 4.79 Å². The monoisotopic (exact) mass is 396 g/mol. The Hall–Kier alpha value is -2.21. The molecule has 0 radical (unpaired) electrons. The summed E-state index contributed by atoms with van der Waals surface area (Å²) in [6.07, 6.45) is 7.90. The van der Waals surface area contributed by atoms with Crippen molar-refractivity contribution in [2.24, 2.45) is 0 Å². The number of rotatable bonds is 7. The van der Waals surface area contributed by atoms with Crippen LogP contribution in [0.25, 0.3) is 0 Å². The van der Waals surface area contributed by atoms with Crippen LogP contribution in [0.4, 0.5) is 0 Å². The lowest BCUT2D eigenvalue weighted by atomic mass is 9.89. The van der Waals surface area contributed by atoms with Crippen LogP contribution >= 0.6 is 0 Å². The number of aromatic nitrogens is 3. The first-order chi connectivity index (χ1) is 14.1. The normalized spacial score (nSPS) is 24.7. The summed E-state index contributed by atoms with van der Waals surface area (Å²) in [6, 6.07) is 7.98. The van der Waals surface area contributed by atoms with Crippen LogP contribution in [-0.4, -0.2) is 43.6 Å². The topological polar surface area (TPSA) is 71.2 Å². The number of benzene rings is 1. The minimum absolute atomic E-state index is 0.0950. The number of piperidine rings is 1. The molecule has 6 nitrogen and oxygen atoms in total. The third-order valence-electron chi connectivity index (χ3n) is 6.31. The number of carbonyl (C=O) groups excluding carboxylic acids is 1. The second-order valence-corrected chi connectivity index (χ2v) is 8.70. The molecule has 0 bridgehead atoms. The molecular formula is C23H32N4O2. The van der Waals surface area contributed by atoms with Crippen molar-refractivity contribution < 1.29 is 9.90 Å². The molecule has 2 fully saturated rings. The molecule has 29 heavy (non-hydrogen) atoms. The SMILES string of the molecule is CCCCCC(=O)N1C[C@@H](n2cc(C3CC3)nn2)[C@H](O)C[C@@H]1c1ccc(C)cc1. The Kier molecular flexibility index (Phi) is 5.99. The van der Waals surface area contributed by atoms with Gasteiger partial charge in [-0.15, -0.1) is 5.10 Å². The van der Waals surface area contributed by atoms with Crippen LogP contribution in [0, 0.1) is 6.92 Å². The second-order valence-electron chi connectivity index (χ2n) is 8.70. The summed E-state index contributed by atoms with van der Waals surface area (Å²) in [4.78, 5) is 15.1. The average Bonchev–Trinajstić information content (AvgIpc) is 3.46. The van der Waals surface area contributed by atoms with Crippen LogP contribution in [0.5, 0.6) is 0 Å². The van der Waals surface area contributed by atoms with Gasteiger partial charge >= 0.3 is 0 Å². The van der Waals surface area contributed by atoms with Crippen molar-refractivity contribution in [1.82, 2.24) is 19.9 Å². The van der Waals surface area contributed by atoms with E-state index >= 15 is 0 Å². The van der Waals surface area contributed by atoms with Gasteiger partial charge < -0.3 is 10.0 Å². The first-order valence-electron chi connectivity index (χ1n) is 11.0. The molecule has 1 amide bonds. The maximum atomic E-state index is 13.1. The summed E-state index contributed by atoms with van der Waals surface area (Å²) in [5.41, 5.74) is 3.30. The Labute approximate surface area is 172 Å². The second kappa shape index (κ2) is 8.66. The van der Waals surface area contributed by atoms with Gasteiger partial charge in [-0.05, 0) is 31.7 Å². The number of unbranched alkanes of at least 4 members (excludes halogenated alkanes) is 2. The number of aliphatic hydroxyl groups is 1. The largest absolute Gasteiger partial charge is 0.391 e. The Morgan fingerprint density at radius 3 is 2.66 bits per heavy atom. The van der Waals surface area contributed by atoms with Gasteiger partial charge in [0.15, 0.2) is 0 Å². The molecule has 0 spiro atoms. The molecule has 6 heteroatoms.